The molecule has 1 heterocycles. The number of nitrogens with zero attached hydrogens (tertiary/aromatic N) is 3. The maximum Gasteiger partial charge on any atom is 0.223 e. The number of para-hydroxylation sites is 1. The first-order valence-electron chi connectivity index (χ1n) is 8.61. The molecule has 0 fully saturated rings. The molecule has 3 aromatic rings. The summed E-state index contributed by atoms with van der Waals surface area (Å²) in [6, 6.07) is 20.7. The van der Waals surface area contributed by atoms with Crippen molar-refractivity contribution < 1.29 is 4.57 Å². The van der Waals surface area contributed by atoms with Crippen LogP contribution in [-0.4, -0.2) is 31.1 Å². The van der Waals surface area contributed by atoms with Crippen LogP contribution in [0.5, 0.6) is 0 Å². The highest BCUT2D eigenvalue weighted by Gasteiger charge is 2.09. The molecular formula is C21H22Cl2N3+. The molecule has 1 aromatic heterocycles. The van der Waals surface area contributed by atoms with Crippen LogP contribution in [0.4, 0.5) is 11.4 Å². The van der Waals surface area contributed by atoms with Crippen molar-refractivity contribution in [2.75, 3.05) is 29.7 Å². The van der Waals surface area contributed by atoms with E-state index in [2.05, 4.69) is 70.0 Å². The van der Waals surface area contributed by atoms with E-state index < -0.39 is 0 Å². The number of rotatable bonds is 7. The van der Waals surface area contributed by atoms with Crippen LogP contribution in [0, 0.1) is 0 Å². The van der Waals surface area contributed by atoms with Gasteiger partial charge in [-0.1, -0.05) is 12.1 Å². The molecule has 2 aromatic carbocycles. The number of hydrogen-bond acceptors (Lipinski definition) is 2. The molecule has 0 N–H and O–H groups in total. The van der Waals surface area contributed by atoms with Crippen LogP contribution in [-0.2, 0) is 7.05 Å². The summed E-state index contributed by atoms with van der Waals surface area (Å²) in [6.45, 7) is 1.56. The van der Waals surface area contributed by atoms with E-state index in [0.717, 1.165) is 30.2 Å². The van der Waals surface area contributed by atoms with Crippen molar-refractivity contribution in [1.29, 1.82) is 0 Å². The van der Waals surface area contributed by atoms with Gasteiger partial charge in [-0.3, -0.25) is 0 Å². The van der Waals surface area contributed by atoms with Crippen molar-refractivity contribution >= 4 is 51.7 Å². The number of halogens is 2. The number of fused-ring (bicyclic) bond motifs is 1. The summed E-state index contributed by atoms with van der Waals surface area (Å²) in [5.74, 6) is 1.16. The zero-order valence-corrected chi connectivity index (χ0v) is 16.3. The van der Waals surface area contributed by atoms with Gasteiger partial charge in [-0.15, -0.1) is 23.2 Å². The second-order valence-corrected chi connectivity index (χ2v) is 6.77. The van der Waals surface area contributed by atoms with E-state index in [1.54, 1.807) is 0 Å². The normalized spacial score (nSPS) is 11.3. The van der Waals surface area contributed by atoms with Gasteiger partial charge in [0, 0.05) is 48.1 Å². The first-order chi connectivity index (χ1) is 12.7. The Morgan fingerprint density at radius 2 is 1.62 bits per heavy atom. The van der Waals surface area contributed by atoms with Gasteiger partial charge in [-0.25, -0.2) is 4.99 Å². The van der Waals surface area contributed by atoms with Crippen molar-refractivity contribution in [3.05, 3.63) is 66.4 Å². The maximum atomic E-state index is 5.88. The fourth-order valence-electron chi connectivity index (χ4n) is 2.95. The molecule has 3 nitrogen and oxygen atoms in total. The van der Waals surface area contributed by atoms with E-state index in [1.807, 2.05) is 18.3 Å². The highest BCUT2D eigenvalue weighted by molar-refractivity contribution is 6.18. The molecule has 5 heteroatoms. The lowest BCUT2D eigenvalue weighted by atomic mass is 10.2. The molecule has 134 valence electrons. The lowest BCUT2D eigenvalue weighted by Crippen LogP contribution is -2.34. The van der Waals surface area contributed by atoms with Crippen LogP contribution < -0.4 is 9.47 Å². The molecule has 0 aliphatic rings. The fraction of sp³-hybridized carbons (Fsp3) is 0.238. The molecule has 0 aliphatic heterocycles. The second kappa shape index (κ2) is 9.02. The lowest BCUT2D eigenvalue weighted by molar-refractivity contribution is -0.645. The van der Waals surface area contributed by atoms with E-state index in [4.69, 9.17) is 23.2 Å². The summed E-state index contributed by atoms with van der Waals surface area (Å²) >= 11 is 11.8. The summed E-state index contributed by atoms with van der Waals surface area (Å²) in [5, 5.41) is 1.22. The zero-order chi connectivity index (χ0) is 18.4. The van der Waals surface area contributed by atoms with Gasteiger partial charge in [0.25, 0.3) is 0 Å². The zero-order valence-electron chi connectivity index (χ0n) is 14.8. The Morgan fingerprint density at radius 1 is 0.923 bits per heavy atom. The molecule has 3 rings (SSSR count). The lowest BCUT2D eigenvalue weighted by Gasteiger charge is -2.22. The Bertz CT molecular complexity index is 885. The predicted molar refractivity (Wildman–Crippen MR) is 112 cm³/mol. The number of aromatic nitrogens is 1. The Morgan fingerprint density at radius 3 is 2.31 bits per heavy atom. The minimum absolute atomic E-state index is 0.579. The molecule has 0 aliphatic carbocycles. The monoisotopic (exact) mass is 386 g/mol. The molecule has 0 bridgehead atoms. The highest BCUT2D eigenvalue weighted by atomic mass is 35.5. The first-order valence-corrected chi connectivity index (χ1v) is 9.68. The number of aliphatic imine (C=N–C) groups is 1. The maximum absolute atomic E-state index is 5.88. The third kappa shape index (κ3) is 4.35. The summed E-state index contributed by atoms with van der Waals surface area (Å²) in [6.07, 6.45) is 1.90. The minimum atomic E-state index is 0.579. The van der Waals surface area contributed by atoms with Gasteiger partial charge in [-0.2, -0.15) is 4.57 Å². The van der Waals surface area contributed by atoms with Crippen molar-refractivity contribution in [2.45, 2.75) is 0 Å². The van der Waals surface area contributed by atoms with Gasteiger partial charge in [0.15, 0.2) is 0 Å². The van der Waals surface area contributed by atoms with E-state index in [1.165, 1.54) is 10.9 Å². The SMILES string of the molecule is C[n+]1c(C=Nc2ccc(N(CCCl)CCCl)cc2)ccc2ccccc21. The molecule has 26 heavy (non-hydrogen) atoms. The Kier molecular flexibility index (Phi) is 6.48. The molecule has 0 amide bonds. The fourth-order valence-corrected chi connectivity index (χ4v) is 3.36. The van der Waals surface area contributed by atoms with Gasteiger partial charge < -0.3 is 4.90 Å². The van der Waals surface area contributed by atoms with Gasteiger partial charge in [0.1, 0.15) is 7.05 Å². The highest BCUT2D eigenvalue weighted by Crippen LogP contribution is 2.20. The van der Waals surface area contributed by atoms with Crippen LogP contribution in [0.1, 0.15) is 5.69 Å². The third-order valence-electron chi connectivity index (χ3n) is 4.39. The Hall–Kier alpha value is -2.10. The number of pyridine rings is 1. The Labute approximate surface area is 164 Å². The summed E-state index contributed by atoms with van der Waals surface area (Å²) in [5.41, 5.74) is 4.27. The molecule has 0 spiro atoms. The quantitative estimate of drug-likeness (QED) is 0.327. The smallest absolute Gasteiger partial charge is 0.223 e. The number of anilines is 1. The molecular weight excluding hydrogens is 365 g/mol. The third-order valence-corrected chi connectivity index (χ3v) is 4.73. The molecule has 0 unspecified atom stereocenters. The predicted octanol–water partition coefficient (Wildman–Crippen LogP) is 4.70. The van der Waals surface area contributed by atoms with Crippen LogP contribution in [0.2, 0.25) is 0 Å². The number of benzene rings is 2. The first kappa shape index (κ1) is 18.7. The standard InChI is InChI=1S/C21H22Cl2N3/c1-25-20(9-6-17-4-2-3-5-21(17)25)16-24-18-7-10-19(11-8-18)26(14-12-22)15-13-23/h2-11,16H,12-15H2,1H3/q+1. The molecule has 0 radical (unpaired) electrons. The van der Waals surface area contributed by atoms with Crippen LogP contribution >= 0.6 is 23.2 Å². The Balaban J connectivity index is 1.79. The van der Waals surface area contributed by atoms with Crippen molar-refractivity contribution in [3.8, 4) is 0 Å². The average molecular weight is 387 g/mol. The topological polar surface area (TPSA) is 19.5 Å². The van der Waals surface area contributed by atoms with E-state index in [9.17, 15) is 0 Å². The molecule has 0 atom stereocenters. The number of hydrogen-bond donors (Lipinski definition) is 0. The van der Waals surface area contributed by atoms with Crippen molar-refractivity contribution in [3.63, 3.8) is 0 Å². The van der Waals surface area contributed by atoms with Crippen LogP contribution in [0.3, 0.4) is 0 Å². The van der Waals surface area contributed by atoms with Gasteiger partial charge in [-0.05, 0) is 36.4 Å². The molecule has 0 saturated heterocycles. The minimum Gasteiger partial charge on any atom is -0.369 e. The van der Waals surface area contributed by atoms with Gasteiger partial charge in [0.05, 0.1) is 11.9 Å². The van der Waals surface area contributed by atoms with Crippen molar-refractivity contribution in [2.24, 2.45) is 12.0 Å². The number of alkyl halides is 2. The summed E-state index contributed by atoms with van der Waals surface area (Å²) < 4.78 is 2.15. The summed E-state index contributed by atoms with van der Waals surface area (Å²) in [4.78, 5) is 6.80. The van der Waals surface area contributed by atoms with E-state index in [-0.39, 0.29) is 0 Å². The van der Waals surface area contributed by atoms with E-state index in [0.29, 0.717) is 11.8 Å². The molecule has 0 saturated carbocycles. The average Bonchev–Trinajstić information content (AvgIpc) is 2.68. The second-order valence-electron chi connectivity index (χ2n) is 6.02. The van der Waals surface area contributed by atoms with Crippen LogP contribution in [0.25, 0.3) is 10.9 Å². The van der Waals surface area contributed by atoms with Crippen molar-refractivity contribution in [1.82, 2.24) is 0 Å². The van der Waals surface area contributed by atoms with Crippen LogP contribution in [0.15, 0.2) is 65.7 Å². The van der Waals surface area contributed by atoms with E-state index >= 15 is 0 Å². The van der Waals surface area contributed by atoms with Gasteiger partial charge in [0.2, 0.25) is 11.2 Å². The largest absolute Gasteiger partial charge is 0.369 e. The number of aryl methyl sites for hydroxylation is 1. The summed E-state index contributed by atoms with van der Waals surface area (Å²) in [7, 11) is 2.06. The van der Waals surface area contributed by atoms with Gasteiger partial charge >= 0.3 is 0 Å².